The molecule has 0 bridgehead atoms. The van der Waals surface area contributed by atoms with Gasteiger partial charge in [-0.25, -0.2) is 4.79 Å². The third kappa shape index (κ3) is 6.60. The Morgan fingerprint density at radius 1 is 1.21 bits per heavy atom. The molecule has 5 atom stereocenters. The molecular weight excluding hydrogens is 396 g/mol. The summed E-state index contributed by atoms with van der Waals surface area (Å²) in [5.74, 6) is -2.84. The van der Waals surface area contributed by atoms with E-state index in [1.54, 1.807) is 13.8 Å². The number of carbonyl (C=O) groups excluding carboxylic acids is 3. The van der Waals surface area contributed by atoms with Crippen LogP contribution in [0.15, 0.2) is 0 Å². The summed E-state index contributed by atoms with van der Waals surface area (Å²) in [7, 11) is 0. The molecule has 0 aromatic heterocycles. The monoisotopic (exact) mass is 430 g/mol. The number of likely N-dealkylation sites (tertiary alicyclic amines) is 1. The van der Waals surface area contributed by atoms with E-state index in [0.717, 1.165) is 6.42 Å². The second-order valence-corrected chi connectivity index (χ2v) is 8.28. The molecule has 1 heterocycles. The Morgan fingerprint density at radius 2 is 1.83 bits per heavy atom. The number of nitrogens with one attached hydrogen (secondary N) is 2. The zero-order valence-electron chi connectivity index (χ0n) is 17.6. The van der Waals surface area contributed by atoms with E-state index in [4.69, 9.17) is 10.8 Å². The van der Waals surface area contributed by atoms with Gasteiger partial charge in [-0.2, -0.15) is 12.6 Å². The predicted molar refractivity (Wildman–Crippen MR) is 112 cm³/mol. The smallest absolute Gasteiger partial charge is 0.327 e. The third-order valence-electron chi connectivity index (χ3n) is 5.42. The number of nitrogens with zero attached hydrogens (tertiary/aromatic N) is 1. The first kappa shape index (κ1) is 25.2. The van der Waals surface area contributed by atoms with Crippen molar-refractivity contribution < 1.29 is 24.3 Å². The molecule has 29 heavy (non-hydrogen) atoms. The molecule has 0 spiro atoms. The molecule has 10 heteroatoms. The molecule has 1 saturated heterocycles. The van der Waals surface area contributed by atoms with Crippen LogP contribution < -0.4 is 16.4 Å². The molecule has 1 rings (SSSR count). The van der Waals surface area contributed by atoms with Crippen molar-refractivity contribution in [3.8, 4) is 0 Å². The summed E-state index contributed by atoms with van der Waals surface area (Å²) in [6.07, 6.45) is 1.92. The number of carboxylic acids is 1. The second-order valence-electron chi connectivity index (χ2n) is 7.91. The molecule has 0 aromatic carbocycles. The maximum absolute atomic E-state index is 12.9. The van der Waals surface area contributed by atoms with E-state index in [1.165, 1.54) is 4.90 Å². The van der Waals surface area contributed by atoms with Gasteiger partial charge in [0.25, 0.3) is 0 Å². The van der Waals surface area contributed by atoms with E-state index in [0.29, 0.717) is 19.4 Å². The average molecular weight is 431 g/mol. The SMILES string of the molecule is CCC(C)C(N)C(=O)N1CCCC1C(=O)NC(C(=O)NC(CS)C(=O)O)C(C)C. The summed E-state index contributed by atoms with van der Waals surface area (Å²) in [4.78, 5) is 50.8. The quantitative estimate of drug-likeness (QED) is 0.309. The van der Waals surface area contributed by atoms with Gasteiger partial charge in [-0.1, -0.05) is 34.1 Å². The van der Waals surface area contributed by atoms with Gasteiger partial charge >= 0.3 is 5.97 Å². The normalized spacial score (nSPS) is 20.7. The molecule has 166 valence electrons. The number of thiol groups is 1. The Kier molecular flexibility index (Phi) is 9.91. The summed E-state index contributed by atoms with van der Waals surface area (Å²) in [5.41, 5.74) is 6.06. The van der Waals surface area contributed by atoms with E-state index < -0.39 is 42.0 Å². The van der Waals surface area contributed by atoms with E-state index in [2.05, 4.69) is 23.3 Å². The van der Waals surface area contributed by atoms with Crippen molar-refractivity contribution in [1.29, 1.82) is 0 Å². The number of carboxylic acid groups (broad SMARTS) is 1. The molecule has 1 aliphatic rings. The molecule has 0 aromatic rings. The summed E-state index contributed by atoms with van der Waals surface area (Å²) in [6, 6.07) is -3.44. The molecule has 5 N–H and O–H groups in total. The lowest BCUT2D eigenvalue weighted by Crippen LogP contribution is -2.58. The van der Waals surface area contributed by atoms with E-state index in [-0.39, 0.29) is 23.5 Å². The van der Waals surface area contributed by atoms with Crippen molar-refractivity contribution in [2.75, 3.05) is 12.3 Å². The van der Waals surface area contributed by atoms with Crippen LogP contribution in [0.5, 0.6) is 0 Å². The van der Waals surface area contributed by atoms with Crippen LogP contribution >= 0.6 is 12.6 Å². The Labute approximate surface area is 177 Å². The standard InChI is InChI=1S/C19H34N4O5S/c1-5-11(4)14(20)18(26)23-8-6-7-13(23)16(24)22-15(10(2)3)17(25)21-12(9-29)19(27)28/h10-15,29H,5-9,20H2,1-4H3,(H,21,25)(H,22,24)(H,27,28). The van der Waals surface area contributed by atoms with E-state index >= 15 is 0 Å². The summed E-state index contributed by atoms with van der Waals surface area (Å²) in [5, 5.41) is 14.2. The molecule has 1 aliphatic heterocycles. The van der Waals surface area contributed by atoms with Gasteiger partial charge in [-0.05, 0) is 24.7 Å². The van der Waals surface area contributed by atoms with E-state index in [9.17, 15) is 19.2 Å². The highest BCUT2D eigenvalue weighted by atomic mass is 32.1. The molecule has 0 radical (unpaired) electrons. The minimum atomic E-state index is -1.20. The second kappa shape index (κ2) is 11.4. The zero-order valence-corrected chi connectivity index (χ0v) is 18.4. The molecular formula is C19H34N4O5S. The number of hydrogen-bond donors (Lipinski definition) is 5. The van der Waals surface area contributed by atoms with Crippen molar-refractivity contribution in [2.45, 2.75) is 71.1 Å². The Morgan fingerprint density at radius 3 is 2.31 bits per heavy atom. The number of hydrogen-bond acceptors (Lipinski definition) is 6. The maximum Gasteiger partial charge on any atom is 0.327 e. The van der Waals surface area contributed by atoms with Gasteiger partial charge < -0.3 is 26.4 Å². The Balaban J connectivity index is 2.87. The molecule has 0 saturated carbocycles. The number of nitrogens with two attached hydrogens (primary N) is 1. The van der Waals surface area contributed by atoms with Gasteiger partial charge in [0.1, 0.15) is 18.1 Å². The lowest BCUT2D eigenvalue weighted by Gasteiger charge is -2.30. The van der Waals surface area contributed by atoms with Crippen LogP contribution in [0.4, 0.5) is 0 Å². The lowest BCUT2D eigenvalue weighted by atomic mass is 9.98. The minimum Gasteiger partial charge on any atom is -0.480 e. The Bertz CT molecular complexity index is 615. The lowest BCUT2D eigenvalue weighted by molar-refractivity contribution is -0.143. The largest absolute Gasteiger partial charge is 0.480 e. The van der Waals surface area contributed by atoms with Gasteiger partial charge in [-0.3, -0.25) is 14.4 Å². The van der Waals surface area contributed by atoms with Crippen molar-refractivity contribution in [3.63, 3.8) is 0 Å². The van der Waals surface area contributed by atoms with Gasteiger partial charge in [0.05, 0.1) is 6.04 Å². The molecule has 3 amide bonds. The minimum absolute atomic E-state index is 0.00446. The van der Waals surface area contributed by atoms with Crippen LogP contribution in [0, 0.1) is 11.8 Å². The van der Waals surface area contributed by atoms with Crippen molar-refractivity contribution in [2.24, 2.45) is 17.6 Å². The molecule has 1 fully saturated rings. The zero-order chi connectivity index (χ0) is 22.3. The van der Waals surface area contributed by atoms with Crippen molar-refractivity contribution in [3.05, 3.63) is 0 Å². The fourth-order valence-electron chi connectivity index (χ4n) is 3.22. The number of aliphatic carboxylic acids is 1. The van der Waals surface area contributed by atoms with Gasteiger partial charge in [0.15, 0.2) is 0 Å². The van der Waals surface area contributed by atoms with Gasteiger partial charge in [0.2, 0.25) is 17.7 Å². The van der Waals surface area contributed by atoms with Crippen LogP contribution in [0.1, 0.15) is 47.0 Å². The predicted octanol–water partition coefficient (Wildman–Crippen LogP) is -0.00920. The van der Waals surface area contributed by atoms with Gasteiger partial charge in [0, 0.05) is 12.3 Å². The van der Waals surface area contributed by atoms with Crippen LogP contribution in [-0.2, 0) is 19.2 Å². The van der Waals surface area contributed by atoms with Crippen LogP contribution in [0.2, 0.25) is 0 Å². The first-order valence-electron chi connectivity index (χ1n) is 10.1. The number of rotatable bonds is 10. The van der Waals surface area contributed by atoms with Crippen molar-refractivity contribution in [1.82, 2.24) is 15.5 Å². The highest BCUT2D eigenvalue weighted by Gasteiger charge is 2.39. The number of carbonyl (C=O) groups is 4. The third-order valence-corrected chi connectivity index (χ3v) is 5.79. The maximum atomic E-state index is 12.9. The van der Waals surface area contributed by atoms with Crippen LogP contribution in [0.25, 0.3) is 0 Å². The highest BCUT2D eigenvalue weighted by molar-refractivity contribution is 7.80. The van der Waals surface area contributed by atoms with Crippen LogP contribution in [-0.4, -0.2) is 70.2 Å². The first-order chi connectivity index (χ1) is 13.5. The summed E-state index contributed by atoms with van der Waals surface area (Å²) >= 11 is 3.93. The molecule has 5 unspecified atom stereocenters. The number of amides is 3. The fraction of sp³-hybridized carbons (Fsp3) is 0.789. The molecule has 0 aliphatic carbocycles. The Hall–Kier alpha value is -1.81. The fourth-order valence-corrected chi connectivity index (χ4v) is 3.47. The van der Waals surface area contributed by atoms with Gasteiger partial charge in [-0.15, -0.1) is 0 Å². The summed E-state index contributed by atoms with van der Waals surface area (Å²) in [6.45, 7) is 7.79. The van der Waals surface area contributed by atoms with E-state index in [1.807, 2.05) is 13.8 Å². The first-order valence-corrected chi connectivity index (χ1v) is 10.7. The summed E-state index contributed by atoms with van der Waals surface area (Å²) < 4.78 is 0. The average Bonchev–Trinajstić information content (AvgIpc) is 3.17. The van der Waals surface area contributed by atoms with Crippen molar-refractivity contribution >= 4 is 36.3 Å². The highest BCUT2D eigenvalue weighted by Crippen LogP contribution is 2.21. The molecule has 9 nitrogen and oxygen atoms in total. The van der Waals surface area contributed by atoms with Crippen LogP contribution in [0.3, 0.4) is 0 Å². The topological polar surface area (TPSA) is 142 Å².